The third-order valence-corrected chi connectivity index (χ3v) is 14.3. The molecule has 5 fully saturated rings. The average molecular weight is 598 g/mol. The number of carbonyl (C=O) groups is 1. The van der Waals surface area contributed by atoms with Crippen LogP contribution < -0.4 is 0 Å². The molecule has 4 aliphatic carbocycles. The zero-order valence-electron chi connectivity index (χ0n) is 24.8. The quantitative estimate of drug-likeness (QED) is 0.248. The van der Waals surface area contributed by atoms with Crippen LogP contribution >= 0.6 is 15.9 Å². The van der Waals surface area contributed by atoms with Gasteiger partial charge in [-0.2, -0.15) is 0 Å². The summed E-state index contributed by atoms with van der Waals surface area (Å²) in [5, 5.41) is 24.7. The summed E-state index contributed by atoms with van der Waals surface area (Å²) in [4.78, 5) is 11.4. The molecule has 0 aromatic heterocycles. The molecule has 1 heterocycles. The number of hydrogen-bond acceptors (Lipinski definition) is 5. The van der Waals surface area contributed by atoms with Crippen LogP contribution in [0.15, 0.2) is 0 Å². The highest BCUT2D eigenvalue weighted by Crippen LogP contribution is 2.76. The van der Waals surface area contributed by atoms with Crippen molar-refractivity contribution < 1.29 is 24.5 Å². The van der Waals surface area contributed by atoms with Gasteiger partial charge in [-0.1, -0.05) is 63.4 Å². The first-order chi connectivity index (χ1) is 17.8. The fourth-order valence-corrected chi connectivity index (χ4v) is 12.5. The predicted octanol–water partition coefficient (Wildman–Crippen LogP) is 6.86. The second-order valence-corrected chi connectivity index (χ2v) is 15.7. The van der Waals surface area contributed by atoms with Gasteiger partial charge in [0.1, 0.15) is 11.7 Å². The molecule has 2 bridgehead atoms. The molecule has 2 N–H and O–H groups in total. The van der Waals surface area contributed by atoms with Crippen molar-refractivity contribution >= 4 is 21.9 Å². The van der Waals surface area contributed by atoms with E-state index in [-0.39, 0.29) is 46.7 Å². The molecule has 0 radical (unpaired) electrons. The molecule has 0 aromatic carbocycles. The number of hydrogen-bond donors (Lipinski definition) is 2. The van der Waals surface area contributed by atoms with E-state index in [1.54, 1.807) is 0 Å². The molecule has 38 heavy (non-hydrogen) atoms. The van der Waals surface area contributed by atoms with E-state index in [0.29, 0.717) is 17.8 Å². The van der Waals surface area contributed by atoms with Crippen molar-refractivity contribution in [2.24, 2.45) is 52.3 Å². The Labute approximate surface area is 239 Å². The molecular weight excluding hydrogens is 544 g/mol. The Kier molecular flexibility index (Phi) is 7.70. The van der Waals surface area contributed by atoms with Gasteiger partial charge in [0, 0.05) is 18.8 Å². The summed E-state index contributed by atoms with van der Waals surface area (Å²) in [5.41, 5.74) is -1.69. The van der Waals surface area contributed by atoms with E-state index in [1.165, 1.54) is 45.4 Å². The summed E-state index contributed by atoms with van der Waals surface area (Å²) in [6, 6.07) is 0. The molecule has 6 heteroatoms. The van der Waals surface area contributed by atoms with Crippen molar-refractivity contribution in [1.82, 2.24) is 0 Å². The van der Waals surface area contributed by atoms with Crippen molar-refractivity contribution in [2.75, 3.05) is 0 Å². The standard InChI is InChI=1S/C32H53BrO5/c1-8-22(18(2)3)10-9-19(4)24-11-12-25-27-26(14-15-29(24,25)7)30-16-13-23(37-21(6)34)17-31(30,35)32(36,28(27)33)38-20(30)5/h18-20,22-28,35-36H,8-17H2,1-7H3/t19-,20-,22-,23+,24-,25+,26+,27+,28?,29-,30+,31-,32+/m1/s1. The Morgan fingerprint density at radius 2 is 1.79 bits per heavy atom. The molecule has 5 rings (SSSR count). The van der Waals surface area contributed by atoms with Crippen molar-refractivity contribution in [3.63, 3.8) is 0 Å². The fraction of sp³-hybridized carbons (Fsp3) is 0.969. The number of carbonyl (C=O) groups excluding carboxylic acids is 1. The maximum absolute atomic E-state index is 12.4. The number of esters is 1. The van der Waals surface area contributed by atoms with Gasteiger partial charge in [0.25, 0.3) is 0 Å². The van der Waals surface area contributed by atoms with Gasteiger partial charge >= 0.3 is 5.97 Å². The van der Waals surface area contributed by atoms with E-state index in [2.05, 4.69) is 57.5 Å². The van der Waals surface area contributed by atoms with Gasteiger partial charge in [-0.3, -0.25) is 4.79 Å². The number of fused-ring (bicyclic) bond motifs is 3. The maximum atomic E-state index is 12.4. The van der Waals surface area contributed by atoms with E-state index < -0.39 is 16.8 Å². The lowest BCUT2D eigenvalue weighted by Gasteiger charge is -2.66. The van der Waals surface area contributed by atoms with Gasteiger partial charge in [-0.25, -0.2) is 0 Å². The Bertz CT molecular complexity index is 910. The molecule has 5 nitrogen and oxygen atoms in total. The summed E-state index contributed by atoms with van der Waals surface area (Å²) in [6.45, 7) is 15.6. The third kappa shape index (κ3) is 3.88. The van der Waals surface area contributed by atoms with E-state index in [1.807, 2.05) is 0 Å². The van der Waals surface area contributed by atoms with Crippen LogP contribution in [-0.4, -0.2) is 44.6 Å². The highest BCUT2D eigenvalue weighted by atomic mass is 79.9. The van der Waals surface area contributed by atoms with Gasteiger partial charge in [-0.05, 0) is 98.7 Å². The molecule has 4 saturated carbocycles. The van der Waals surface area contributed by atoms with E-state index in [9.17, 15) is 15.0 Å². The van der Waals surface area contributed by atoms with Crippen molar-refractivity contribution in [3.8, 4) is 0 Å². The van der Waals surface area contributed by atoms with Crippen LogP contribution in [0.2, 0.25) is 0 Å². The first kappa shape index (κ1) is 29.3. The molecule has 1 unspecified atom stereocenters. The molecule has 5 aliphatic rings. The van der Waals surface area contributed by atoms with E-state index >= 15 is 0 Å². The Hall–Kier alpha value is -0.170. The summed E-state index contributed by atoms with van der Waals surface area (Å²) in [5.74, 6) is 2.03. The molecule has 13 atom stereocenters. The van der Waals surface area contributed by atoms with Crippen LogP contribution in [0.3, 0.4) is 0 Å². The van der Waals surface area contributed by atoms with Crippen molar-refractivity contribution in [2.45, 2.75) is 141 Å². The van der Waals surface area contributed by atoms with Gasteiger partial charge in [0.05, 0.1) is 10.9 Å². The molecular formula is C32H53BrO5. The van der Waals surface area contributed by atoms with Crippen LogP contribution in [0.5, 0.6) is 0 Å². The second kappa shape index (κ2) is 9.98. The highest BCUT2D eigenvalue weighted by molar-refractivity contribution is 9.09. The Balaban J connectivity index is 1.42. The third-order valence-electron chi connectivity index (χ3n) is 13.1. The minimum Gasteiger partial charge on any atom is -0.462 e. The fourth-order valence-electron chi connectivity index (χ4n) is 11.3. The summed E-state index contributed by atoms with van der Waals surface area (Å²) < 4.78 is 12.0. The number of alkyl halides is 1. The molecule has 218 valence electrons. The normalized spacial score (nSPS) is 51.2. The number of rotatable bonds is 7. The maximum Gasteiger partial charge on any atom is 0.302 e. The zero-order valence-corrected chi connectivity index (χ0v) is 26.4. The summed E-state index contributed by atoms with van der Waals surface area (Å²) >= 11 is 3.98. The summed E-state index contributed by atoms with van der Waals surface area (Å²) in [7, 11) is 0. The van der Waals surface area contributed by atoms with Crippen LogP contribution in [0.4, 0.5) is 0 Å². The molecule has 1 aliphatic heterocycles. The number of ether oxygens (including phenoxy) is 2. The van der Waals surface area contributed by atoms with Crippen LogP contribution in [0.25, 0.3) is 0 Å². The summed E-state index contributed by atoms with van der Waals surface area (Å²) in [6.07, 6.45) is 9.68. The Morgan fingerprint density at radius 1 is 1.08 bits per heavy atom. The average Bonchev–Trinajstić information content (AvgIpc) is 3.25. The van der Waals surface area contributed by atoms with Crippen molar-refractivity contribution in [3.05, 3.63) is 0 Å². The number of halogens is 1. The monoisotopic (exact) mass is 596 g/mol. The number of aliphatic hydroxyl groups is 2. The molecule has 0 spiro atoms. The Morgan fingerprint density at radius 3 is 2.42 bits per heavy atom. The van der Waals surface area contributed by atoms with Crippen LogP contribution in [-0.2, 0) is 14.3 Å². The smallest absolute Gasteiger partial charge is 0.302 e. The first-order valence-electron chi connectivity index (χ1n) is 15.7. The van der Waals surface area contributed by atoms with Gasteiger partial charge in [-0.15, -0.1) is 0 Å². The lowest BCUT2D eigenvalue weighted by molar-refractivity contribution is -0.317. The SMILES string of the molecule is CC[C@H](CC[C@@H](C)[C@H]1CC[C@H]2[C@@H]3C(Br)[C@]4(O)O[C@H](C)[C@@]5(CC[C@H](OC(C)=O)C[C@@]54O)[C@H]3CC[C@]12C)C(C)C. The molecule has 0 aromatic rings. The topological polar surface area (TPSA) is 76.0 Å². The lowest BCUT2D eigenvalue weighted by atomic mass is 9.41. The second-order valence-electron chi connectivity index (χ2n) is 14.7. The minimum atomic E-state index is -1.68. The van der Waals surface area contributed by atoms with Gasteiger partial charge in [0.2, 0.25) is 5.79 Å². The van der Waals surface area contributed by atoms with Crippen molar-refractivity contribution in [1.29, 1.82) is 0 Å². The van der Waals surface area contributed by atoms with E-state index in [4.69, 9.17) is 9.47 Å². The van der Waals surface area contributed by atoms with Crippen LogP contribution in [0.1, 0.15) is 113 Å². The van der Waals surface area contributed by atoms with Gasteiger partial charge < -0.3 is 19.7 Å². The minimum absolute atomic E-state index is 0.242. The molecule has 1 saturated heterocycles. The first-order valence-corrected chi connectivity index (χ1v) is 16.6. The predicted molar refractivity (Wildman–Crippen MR) is 153 cm³/mol. The largest absolute Gasteiger partial charge is 0.462 e. The zero-order chi connectivity index (χ0) is 27.8. The highest BCUT2D eigenvalue weighted by Gasteiger charge is 2.83. The molecule has 0 amide bonds. The van der Waals surface area contributed by atoms with E-state index in [0.717, 1.165) is 31.1 Å². The lowest BCUT2D eigenvalue weighted by Crippen LogP contribution is -2.75. The van der Waals surface area contributed by atoms with Crippen LogP contribution in [0, 0.1) is 52.3 Å². The van der Waals surface area contributed by atoms with Gasteiger partial charge in [0.15, 0.2) is 0 Å².